The number of rotatable bonds is 3. The molecule has 72 valence electrons. The molecule has 0 atom stereocenters. The van der Waals surface area contributed by atoms with E-state index in [4.69, 9.17) is 0 Å². The van der Waals surface area contributed by atoms with E-state index in [-0.39, 0.29) is 0 Å². The Morgan fingerprint density at radius 1 is 1.62 bits per heavy atom. The van der Waals surface area contributed by atoms with Gasteiger partial charge in [0.2, 0.25) is 5.95 Å². The van der Waals surface area contributed by atoms with Crippen molar-refractivity contribution in [2.75, 3.05) is 5.32 Å². The van der Waals surface area contributed by atoms with Crippen LogP contribution in [0.5, 0.6) is 0 Å². The number of hydrogen-bond acceptors (Lipinski definition) is 2. The molecule has 1 aromatic heterocycles. The second-order valence-corrected chi connectivity index (χ2v) is 4.08. The average molecular weight is 179 g/mol. The third-order valence-corrected chi connectivity index (χ3v) is 2.93. The molecular formula is C10H17N3. The number of anilines is 1. The lowest BCUT2D eigenvalue weighted by Crippen LogP contribution is -2.42. The zero-order chi connectivity index (χ0) is 9.31. The molecule has 1 aromatic rings. The third-order valence-electron chi connectivity index (χ3n) is 2.93. The summed E-state index contributed by atoms with van der Waals surface area (Å²) in [5.74, 6) is 1.02. The summed E-state index contributed by atoms with van der Waals surface area (Å²) in [4.78, 5) is 4.31. The zero-order valence-electron chi connectivity index (χ0n) is 8.38. The standard InChI is InChI=1S/C10H17N3/c1-3-13-8-7-11-9(13)12-10(2)5-4-6-10/h7-8H,3-6H2,1-2H3,(H,11,12). The maximum absolute atomic E-state index is 4.31. The molecule has 1 aliphatic rings. The Kier molecular flexibility index (Phi) is 2.02. The van der Waals surface area contributed by atoms with Crippen LogP contribution in [0.3, 0.4) is 0 Å². The van der Waals surface area contributed by atoms with E-state index in [1.807, 2.05) is 12.4 Å². The summed E-state index contributed by atoms with van der Waals surface area (Å²) in [5.41, 5.74) is 0.304. The molecule has 13 heavy (non-hydrogen) atoms. The Hall–Kier alpha value is -0.990. The first-order valence-electron chi connectivity index (χ1n) is 5.03. The molecule has 1 aliphatic carbocycles. The minimum Gasteiger partial charge on any atom is -0.351 e. The molecule has 0 saturated heterocycles. The molecule has 0 aromatic carbocycles. The Morgan fingerprint density at radius 2 is 2.38 bits per heavy atom. The number of imidazole rings is 1. The van der Waals surface area contributed by atoms with Gasteiger partial charge < -0.3 is 9.88 Å². The highest BCUT2D eigenvalue weighted by Crippen LogP contribution is 2.34. The van der Waals surface area contributed by atoms with E-state index in [0.717, 1.165) is 12.5 Å². The van der Waals surface area contributed by atoms with Gasteiger partial charge in [-0.3, -0.25) is 0 Å². The van der Waals surface area contributed by atoms with E-state index < -0.39 is 0 Å². The zero-order valence-corrected chi connectivity index (χ0v) is 8.38. The molecule has 1 N–H and O–H groups in total. The van der Waals surface area contributed by atoms with Crippen LogP contribution in [-0.4, -0.2) is 15.1 Å². The molecular weight excluding hydrogens is 162 g/mol. The summed E-state index contributed by atoms with van der Waals surface area (Å²) in [6.45, 7) is 5.39. The first kappa shape index (κ1) is 8.60. The fourth-order valence-electron chi connectivity index (χ4n) is 1.79. The van der Waals surface area contributed by atoms with Crippen LogP contribution in [0.4, 0.5) is 5.95 Å². The van der Waals surface area contributed by atoms with E-state index in [0.29, 0.717) is 5.54 Å². The molecule has 0 radical (unpaired) electrons. The van der Waals surface area contributed by atoms with Crippen LogP contribution in [0.1, 0.15) is 33.1 Å². The van der Waals surface area contributed by atoms with Crippen LogP contribution in [0.15, 0.2) is 12.4 Å². The molecule has 1 saturated carbocycles. The maximum Gasteiger partial charge on any atom is 0.203 e. The van der Waals surface area contributed by atoms with Crippen LogP contribution in [0, 0.1) is 0 Å². The van der Waals surface area contributed by atoms with Crippen LogP contribution < -0.4 is 5.32 Å². The van der Waals surface area contributed by atoms with Gasteiger partial charge in [-0.1, -0.05) is 0 Å². The minimum atomic E-state index is 0.304. The lowest BCUT2D eigenvalue weighted by molar-refractivity contribution is 0.303. The quantitative estimate of drug-likeness (QED) is 0.771. The van der Waals surface area contributed by atoms with Crippen molar-refractivity contribution in [3.63, 3.8) is 0 Å². The fourth-order valence-corrected chi connectivity index (χ4v) is 1.79. The summed E-state index contributed by atoms with van der Waals surface area (Å²) >= 11 is 0. The number of hydrogen-bond donors (Lipinski definition) is 1. The Morgan fingerprint density at radius 3 is 2.92 bits per heavy atom. The van der Waals surface area contributed by atoms with Gasteiger partial charge in [-0.05, 0) is 33.1 Å². The Labute approximate surface area is 79.2 Å². The van der Waals surface area contributed by atoms with Crippen molar-refractivity contribution >= 4 is 5.95 Å². The van der Waals surface area contributed by atoms with Crippen LogP contribution in [-0.2, 0) is 6.54 Å². The molecule has 1 heterocycles. The topological polar surface area (TPSA) is 29.9 Å². The molecule has 2 rings (SSSR count). The summed E-state index contributed by atoms with van der Waals surface area (Å²) in [7, 11) is 0. The van der Waals surface area contributed by atoms with Gasteiger partial charge in [0.1, 0.15) is 0 Å². The monoisotopic (exact) mass is 179 g/mol. The molecule has 0 spiro atoms. The highest BCUT2D eigenvalue weighted by atomic mass is 15.2. The summed E-state index contributed by atoms with van der Waals surface area (Å²) in [6.07, 6.45) is 7.75. The van der Waals surface area contributed by atoms with Gasteiger partial charge in [-0.15, -0.1) is 0 Å². The SMILES string of the molecule is CCn1ccnc1NC1(C)CCC1. The van der Waals surface area contributed by atoms with Crippen LogP contribution >= 0.6 is 0 Å². The summed E-state index contributed by atoms with van der Waals surface area (Å²) in [6, 6.07) is 0. The van der Waals surface area contributed by atoms with Gasteiger partial charge in [0.25, 0.3) is 0 Å². The lowest BCUT2D eigenvalue weighted by Gasteiger charge is -2.39. The average Bonchev–Trinajstić information content (AvgIpc) is 2.49. The van der Waals surface area contributed by atoms with Gasteiger partial charge in [0, 0.05) is 24.5 Å². The predicted octanol–water partition coefficient (Wildman–Crippen LogP) is 2.26. The maximum atomic E-state index is 4.31. The number of aromatic nitrogens is 2. The van der Waals surface area contributed by atoms with E-state index >= 15 is 0 Å². The Bertz CT molecular complexity index is 286. The molecule has 0 unspecified atom stereocenters. The van der Waals surface area contributed by atoms with Crippen molar-refractivity contribution in [3.8, 4) is 0 Å². The normalized spacial score (nSPS) is 19.5. The molecule has 0 aliphatic heterocycles. The number of nitrogens with zero attached hydrogens (tertiary/aromatic N) is 2. The van der Waals surface area contributed by atoms with E-state index in [1.165, 1.54) is 19.3 Å². The lowest BCUT2D eigenvalue weighted by atomic mass is 9.79. The van der Waals surface area contributed by atoms with Crippen molar-refractivity contribution in [3.05, 3.63) is 12.4 Å². The van der Waals surface area contributed by atoms with Gasteiger partial charge in [-0.2, -0.15) is 0 Å². The van der Waals surface area contributed by atoms with Crippen molar-refractivity contribution < 1.29 is 0 Å². The van der Waals surface area contributed by atoms with Crippen LogP contribution in [0.2, 0.25) is 0 Å². The van der Waals surface area contributed by atoms with Crippen molar-refractivity contribution in [1.82, 2.24) is 9.55 Å². The van der Waals surface area contributed by atoms with E-state index in [1.54, 1.807) is 0 Å². The smallest absolute Gasteiger partial charge is 0.203 e. The van der Waals surface area contributed by atoms with E-state index in [2.05, 4.69) is 28.7 Å². The first-order valence-corrected chi connectivity index (χ1v) is 5.03. The second kappa shape index (κ2) is 3.05. The summed E-state index contributed by atoms with van der Waals surface area (Å²) < 4.78 is 2.14. The minimum absolute atomic E-state index is 0.304. The van der Waals surface area contributed by atoms with Gasteiger partial charge in [0.15, 0.2) is 0 Å². The predicted molar refractivity (Wildman–Crippen MR) is 53.8 cm³/mol. The van der Waals surface area contributed by atoms with Crippen LogP contribution in [0.25, 0.3) is 0 Å². The van der Waals surface area contributed by atoms with Gasteiger partial charge >= 0.3 is 0 Å². The van der Waals surface area contributed by atoms with Gasteiger partial charge in [0.05, 0.1) is 0 Å². The third kappa shape index (κ3) is 1.55. The van der Waals surface area contributed by atoms with Crippen molar-refractivity contribution in [1.29, 1.82) is 0 Å². The van der Waals surface area contributed by atoms with Crippen molar-refractivity contribution in [2.45, 2.75) is 45.2 Å². The molecule has 3 nitrogen and oxygen atoms in total. The van der Waals surface area contributed by atoms with E-state index in [9.17, 15) is 0 Å². The highest BCUT2D eigenvalue weighted by Gasteiger charge is 2.32. The molecule has 0 bridgehead atoms. The molecule has 3 heteroatoms. The first-order chi connectivity index (χ1) is 6.23. The largest absolute Gasteiger partial charge is 0.351 e. The number of aryl methyl sites for hydroxylation is 1. The summed E-state index contributed by atoms with van der Waals surface area (Å²) in [5, 5.41) is 3.51. The second-order valence-electron chi connectivity index (χ2n) is 4.08. The van der Waals surface area contributed by atoms with Gasteiger partial charge in [-0.25, -0.2) is 4.98 Å². The highest BCUT2D eigenvalue weighted by molar-refractivity contribution is 5.31. The molecule has 1 fully saturated rings. The number of nitrogens with one attached hydrogen (secondary N) is 1. The fraction of sp³-hybridized carbons (Fsp3) is 0.700. The Balaban J connectivity index is 2.08. The van der Waals surface area contributed by atoms with Crippen molar-refractivity contribution in [2.24, 2.45) is 0 Å². The molecule has 0 amide bonds.